The average Bonchev–Trinajstić information content (AvgIpc) is 3.03. The van der Waals surface area contributed by atoms with Gasteiger partial charge in [-0.1, -0.05) is 35.5 Å². The fourth-order valence-electron chi connectivity index (χ4n) is 2.12. The summed E-state index contributed by atoms with van der Waals surface area (Å²) in [5.74, 6) is 2.00. The van der Waals surface area contributed by atoms with Crippen molar-refractivity contribution >= 4 is 0 Å². The summed E-state index contributed by atoms with van der Waals surface area (Å²) in [6.07, 6.45) is 1.20. The van der Waals surface area contributed by atoms with Crippen molar-refractivity contribution in [2.75, 3.05) is 0 Å². The lowest BCUT2D eigenvalue weighted by molar-refractivity contribution is 0.385. The van der Waals surface area contributed by atoms with Crippen LogP contribution in [-0.2, 0) is 6.54 Å². The highest BCUT2D eigenvalue weighted by Gasteiger charge is 2.37. The lowest BCUT2D eigenvalue weighted by Gasteiger charge is -2.01. The summed E-state index contributed by atoms with van der Waals surface area (Å²) in [6.45, 7) is 2.49. The van der Waals surface area contributed by atoms with E-state index in [-0.39, 0.29) is 0 Å². The molecule has 0 aliphatic heterocycles. The molecular weight excluding hydrogens is 214 g/mol. The van der Waals surface area contributed by atoms with Gasteiger partial charge in [0.2, 0.25) is 5.89 Å². The fraction of sp³-hybridized carbons (Fsp3) is 0.385. The average molecular weight is 229 g/mol. The molecule has 0 amide bonds. The lowest BCUT2D eigenvalue weighted by atomic mass is 10.1. The van der Waals surface area contributed by atoms with Crippen LogP contribution in [0.1, 0.15) is 29.6 Å². The van der Waals surface area contributed by atoms with E-state index in [4.69, 9.17) is 4.52 Å². The summed E-state index contributed by atoms with van der Waals surface area (Å²) in [4.78, 5) is 4.17. The minimum atomic E-state index is 0.552. The molecule has 2 unspecified atom stereocenters. The van der Waals surface area contributed by atoms with Gasteiger partial charge in [0.05, 0.1) is 6.54 Å². The van der Waals surface area contributed by atoms with Gasteiger partial charge in [-0.15, -0.1) is 0 Å². The molecule has 1 saturated carbocycles. The Morgan fingerprint density at radius 1 is 1.35 bits per heavy atom. The fourth-order valence-corrected chi connectivity index (χ4v) is 2.12. The van der Waals surface area contributed by atoms with E-state index in [2.05, 4.69) is 45.8 Å². The zero-order chi connectivity index (χ0) is 11.7. The molecule has 1 aliphatic carbocycles. The minimum Gasteiger partial charge on any atom is -0.340 e. The van der Waals surface area contributed by atoms with Gasteiger partial charge < -0.3 is 9.84 Å². The number of hydrogen-bond acceptors (Lipinski definition) is 4. The Labute approximate surface area is 100 Å². The molecule has 2 atom stereocenters. The largest absolute Gasteiger partial charge is 0.340 e. The second-order valence-electron chi connectivity index (χ2n) is 4.47. The third-order valence-corrected chi connectivity index (χ3v) is 3.11. The smallest absolute Gasteiger partial charge is 0.223 e. The number of hydrogen-bond donors (Lipinski definition) is 1. The molecule has 1 heterocycles. The molecule has 1 aliphatic rings. The zero-order valence-electron chi connectivity index (χ0n) is 9.76. The van der Waals surface area contributed by atoms with Crippen LogP contribution >= 0.6 is 0 Å². The maximum absolute atomic E-state index is 4.93. The summed E-state index contributed by atoms with van der Waals surface area (Å²) < 4.78 is 4.93. The van der Waals surface area contributed by atoms with E-state index in [9.17, 15) is 0 Å². The molecule has 1 aromatic carbocycles. The highest BCUT2D eigenvalue weighted by Crippen LogP contribution is 2.40. The van der Waals surface area contributed by atoms with Gasteiger partial charge in [-0.05, 0) is 12.0 Å². The SMILES string of the molecule is Cc1nc(CNC2CC2c2ccccc2)no1. The Bertz CT molecular complexity index is 494. The van der Waals surface area contributed by atoms with Crippen molar-refractivity contribution < 1.29 is 4.52 Å². The molecule has 4 heteroatoms. The number of rotatable bonds is 4. The van der Waals surface area contributed by atoms with E-state index in [1.165, 1.54) is 12.0 Å². The molecule has 1 fully saturated rings. The number of nitrogens with zero attached hydrogens (tertiary/aromatic N) is 2. The lowest BCUT2D eigenvalue weighted by Crippen LogP contribution is -2.18. The predicted molar refractivity (Wildman–Crippen MR) is 63.5 cm³/mol. The Hall–Kier alpha value is -1.68. The van der Waals surface area contributed by atoms with Gasteiger partial charge in [0.25, 0.3) is 0 Å². The second-order valence-corrected chi connectivity index (χ2v) is 4.47. The van der Waals surface area contributed by atoms with Crippen LogP contribution in [0.15, 0.2) is 34.9 Å². The number of nitrogens with one attached hydrogen (secondary N) is 1. The Morgan fingerprint density at radius 3 is 2.88 bits per heavy atom. The first kappa shape index (κ1) is 10.5. The molecule has 1 aromatic heterocycles. The number of benzene rings is 1. The van der Waals surface area contributed by atoms with Gasteiger partial charge in [-0.2, -0.15) is 4.98 Å². The Morgan fingerprint density at radius 2 is 2.18 bits per heavy atom. The van der Waals surface area contributed by atoms with Crippen molar-refractivity contribution in [1.82, 2.24) is 15.5 Å². The molecule has 4 nitrogen and oxygen atoms in total. The van der Waals surface area contributed by atoms with Crippen LogP contribution < -0.4 is 5.32 Å². The van der Waals surface area contributed by atoms with Crippen LogP contribution in [0.2, 0.25) is 0 Å². The molecule has 0 saturated heterocycles. The normalized spacial score (nSPS) is 22.6. The first-order valence-electron chi connectivity index (χ1n) is 5.90. The van der Waals surface area contributed by atoms with Gasteiger partial charge in [-0.25, -0.2) is 0 Å². The maximum Gasteiger partial charge on any atom is 0.223 e. The van der Waals surface area contributed by atoms with Gasteiger partial charge in [0, 0.05) is 18.9 Å². The van der Waals surface area contributed by atoms with Crippen LogP contribution in [0, 0.1) is 6.92 Å². The van der Waals surface area contributed by atoms with E-state index >= 15 is 0 Å². The predicted octanol–water partition coefficient (Wildman–Crippen LogP) is 2.02. The molecule has 17 heavy (non-hydrogen) atoms. The van der Waals surface area contributed by atoms with Crippen molar-refractivity contribution in [3.05, 3.63) is 47.6 Å². The summed E-state index contributed by atoms with van der Waals surface area (Å²) >= 11 is 0. The first-order valence-corrected chi connectivity index (χ1v) is 5.90. The highest BCUT2D eigenvalue weighted by molar-refractivity contribution is 5.27. The molecular formula is C13H15N3O. The molecule has 1 N–H and O–H groups in total. The van der Waals surface area contributed by atoms with E-state index in [1.807, 2.05) is 0 Å². The van der Waals surface area contributed by atoms with Gasteiger partial charge in [0.15, 0.2) is 5.82 Å². The topological polar surface area (TPSA) is 51.0 Å². The quantitative estimate of drug-likeness (QED) is 0.871. The molecule has 88 valence electrons. The van der Waals surface area contributed by atoms with Crippen molar-refractivity contribution in [1.29, 1.82) is 0 Å². The number of aryl methyl sites for hydroxylation is 1. The van der Waals surface area contributed by atoms with Crippen molar-refractivity contribution in [3.63, 3.8) is 0 Å². The van der Waals surface area contributed by atoms with E-state index in [0.29, 0.717) is 24.4 Å². The standard InChI is InChI=1S/C13H15N3O/c1-9-15-13(16-17-9)8-14-12-7-11(12)10-5-3-2-4-6-10/h2-6,11-12,14H,7-8H2,1H3. The summed E-state index contributed by atoms with van der Waals surface area (Å²) in [5, 5.41) is 7.31. The Kier molecular flexibility index (Phi) is 2.65. The van der Waals surface area contributed by atoms with E-state index in [0.717, 1.165) is 5.82 Å². The highest BCUT2D eigenvalue weighted by atomic mass is 16.5. The third kappa shape index (κ3) is 2.36. The van der Waals surface area contributed by atoms with E-state index < -0.39 is 0 Å². The minimum absolute atomic E-state index is 0.552. The van der Waals surface area contributed by atoms with Gasteiger partial charge in [-0.3, -0.25) is 0 Å². The van der Waals surface area contributed by atoms with E-state index in [1.54, 1.807) is 6.92 Å². The van der Waals surface area contributed by atoms with Crippen LogP contribution in [0.5, 0.6) is 0 Å². The van der Waals surface area contributed by atoms with Crippen LogP contribution in [-0.4, -0.2) is 16.2 Å². The van der Waals surface area contributed by atoms with Crippen LogP contribution in [0.25, 0.3) is 0 Å². The van der Waals surface area contributed by atoms with Crippen LogP contribution in [0.4, 0.5) is 0 Å². The van der Waals surface area contributed by atoms with Gasteiger partial charge >= 0.3 is 0 Å². The second kappa shape index (κ2) is 4.30. The summed E-state index contributed by atoms with van der Waals surface area (Å²) in [6, 6.07) is 11.2. The maximum atomic E-state index is 4.93. The van der Waals surface area contributed by atoms with Crippen molar-refractivity contribution in [3.8, 4) is 0 Å². The summed E-state index contributed by atoms with van der Waals surface area (Å²) in [7, 11) is 0. The summed E-state index contributed by atoms with van der Waals surface area (Å²) in [5.41, 5.74) is 1.41. The molecule has 0 radical (unpaired) electrons. The number of aromatic nitrogens is 2. The van der Waals surface area contributed by atoms with Crippen LogP contribution in [0.3, 0.4) is 0 Å². The first-order chi connectivity index (χ1) is 8.33. The van der Waals surface area contributed by atoms with Gasteiger partial charge in [0.1, 0.15) is 0 Å². The molecule has 2 aromatic rings. The molecule has 3 rings (SSSR count). The monoisotopic (exact) mass is 229 g/mol. The zero-order valence-corrected chi connectivity index (χ0v) is 9.76. The molecule has 0 bridgehead atoms. The Balaban J connectivity index is 1.53. The third-order valence-electron chi connectivity index (χ3n) is 3.11. The van der Waals surface area contributed by atoms with Crippen molar-refractivity contribution in [2.45, 2.75) is 31.8 Å². The molecule has 0 spiro atoms. The van der Waals surface area contributed by atoms with Crippen molar-refractivity contribution in [2.24, 2.45) is 0 Å².